The van der Waals surface area contributed by atoms with Crippen molar-refractivity contribution in [2.24, 2.45) is 5.41 Å². The molecule has 1 rings (SSSR count). The summed E-state index contributed by atoms with van der Waals surface area (Å²) in [5.74, 6) is 0. The summed E-state index contributed by atoms with van der Waals surface area (Å²) < 4.78 is 6.02. The van der Waals surface area contributed by atoms with E-state index in [1.807, 2.05) is 0 Å². The quantitative estimate of drug-likeness (QED) is 0.523. The van der Waals surface area contributed by atoms with Gasteiger partial charge in [0.25, 0.3) is 0 Å². The predicted octanol–water partition coefficient (Wildman–Crippen LogP) is 2.87. The molecule has 0 aromatic rings. The van der Waals surface area contributed by atoms with Crippen molar-refractivity contribution >= 4 is 7.28 Å². The summed E-state index contributed by atoms with van der Waals surface area (Å²) in [6.45, 7) is 14.5. The van der Waals surface area contributed by atoms with E-state index in [-0.39, 0.29) is 5.60 Å². The van der Waals surface area contributed by atoms with E-state index in [0.29, 0.717) is 10.7 Å². The van der Waals surface area contributed by atoms with Crippen LogP contribution in [0.25, 0.3) is 0 Å². The fraction of sp³-hybridized carbons (Fsp3) is 1.00. The van der Waals surface area contributed by atoms with Crippen LogP contribution < -0.4 is 0 Å². The Morgan fingerprint density at radius 3 is 2.08 bits per heavy atom. The van der Waals surface area contributed by atoms with Crippen LogP contribution in [0.5, 0.6) is 0 Å². The van der Waals surface area contributed by atoms with Gasteiger partial charge < -0.3 is 4.74 Å². The van der Waals surface area contributed by atoms with Crippen LogP contribution in [0.3, 0.4) is 0 Å². The SMILES string of the molecule is CC1(C)CBC(C)(C)C(C)(C)OC1. The highest BCUT2D eigenvalue weighted by Crippen LogP contribution is 2.45. The first-order chi connectivity index (χ1) is 5.66. The number of hydrogen-bond acceptors (Lipinski definition) is 1. The van der Waals surface area contributed by atoms with E-state index < -0.39 is 0 Å². The highest BCUT2D eigenvalue weighted by atomic mass is 16.5. The van der Waals surface area contributed by atoms with Gasteiger partial charge in [0.05, 0.1) is 12.2 Å². The average molecular weight is 182 g/mol. The fourth-order valence-electron chi connectivity index (χ4n) is 1.60. The predicted molar refractivity (Wildman–Crippen MR) is 59.8 cm³/mol. The zero-order chi connectivity index (χ0) is 10.3. The highest BCUT2D eigenvalue weighted by molar-refractivity contribution is 6.40. The minimum atomic E-state index is 0.0147. The third-order valence-electron chi connectivity index (χ3n) is 3.88. The topological polar surface area (TPSA) is 9.23 Å². The lowest BCUT2D eigenvalue weighted by Gasteiger charge is -2.39. The summed E-state index contributed by atoms with van der Waals surface area (Å²) in [5.41, 5.74) is 0.367. The second kappa shape index (κ2) is 3.01. The van der Waals surface area contributed by atoms with Gasteiger partial charge in [0.1, 0.15) is 7.28 Å². The van der Waals surface area contributed by atoms with Crippen LogP contribution >= 0.6 is 0 Å². The Bertz CT molecular complexity index is 174. The molecule has 0 aromatic heterocycles. The lowest BCUT2D eigenvalue weighted by Crippen LogP contribution is -2.38. The van der Waals surface area contributed by atoms with Crippen LogP contribution in [0.4, 0.5) is 0 Å². The second-order valence-electron chi connectivity index (χ2n) is 6.35. The summed E-state index contributed by atoms with van der Waals surface area (Å²) in [5, 5.41) is 0.292. The van der Waals surface area contributed by atoms with Crippen molar-refractivity contribution in [2.75, 3.05) is 6.61 Å². The molecule has 1 heterocycles. The Morgan fingerprint density at radius 2 is 1.54 bits per heavy atom. The van der Waals surface area contributed by atoms with Gasteiger partial charge in [-0.05, 0) is 24.6 Å². The van der Waals surface area contributed by atoms with Gasteiger partial charge in [-0.3, -0.25) is 0 Å². The summed E-state index contributed by atoms with van der Waals surface area (Å²) in [4.78, 5) is 0. The van der Waals surface area contributed by atoms with Crippen LogP contribution in [-0.2, 0) is 4.74 Å². The third kappa shape index (κ3) is 2.28. The van der Waals surface area contributed by atoms with E-state index >= 15 is 0 Å². The minimum Gasteiger partial charge on any atom is -0.375 e. The molecule has 0 N–H and O–H groups in total. The van der Waals surface area contributed by atoms with Crippen LogP contribution in [0.1, 0.15) is 41.5 Å². The largest absolute Gasteiger partial charge is 0.375 e. The lowest BCUT2D eigenvalue weighted by atomic mass is 9.44. The zero-order valence-corrected chi connectivity index (χ0v) is 10.0. The van der Waals surface area contributed by atoms with Gasteiger partial charge in [-0.2, -0.15) is 0 Å². The first-order valence-corrected chi connectivity index (χ1v) is 5.30. The van der Waals surface area contributed by atoms with Gasteiger partial charge in [0.2, 0.25) is 0 Å². The molecule has 1 aliphatic rings. The molecule has 0 amide bonds. The van der Waals surface area contributed by atoms with Crippen molar-refractivity contribution < 1.29 is 4.74 Å². The van der Waals surface area contributed by atoms with E-state index in [2.05, 4.69) is 41.5 Å². The number of ether oxygens (including phenoxy) is 1. The summed E-state index contributed by atoms with van der Waals surface area (Å²) in [6.07, 6.45) is 1.27. The number of hydrogen-bond donors (Lipinski definition) is 0. The van der Waals surface area contributed by atoms with Crippen LogP contribution in [-0.4, -0.2) is 19.5 Å². The molecule has 0 unspecified atom stereocenters. The minimum absolute atomic E-state index is 0.0147. The number of rotatable bonds is 0. The van der Waals surface area contributed by atoms with Gasteiger partial charge in [-0.25, -0.2) is 0 Å². The molecule has 1 saturated heterocycles. The first-order valence-electron chi connectivity index (χ1n) is 5.30. The summed E-state index contributed by atoms with van der Waals surface area (Å²) in [6, 6.07) is 0. The van der Waals surface area contributed by atoms with Crippen molar-refractivity contribution in [1.82, 2.24) is 0 Å². The molecule has 0 aliphatic carbocycles. The van der Waals surface area contributed by atoms with Crippen molar-refractivity contribution in [3.63, 3.8) is 0 Å². The maximum atomic E-state index is 6.02. The molecule has 2 heteroatoms. The zero-order valence-electron chi connectivity index (χ0n) is 10.0. The molecule has 0 spiro atoms. The monoisotopic (exact) mass is 182 g/mol. The molecule has 1 nitrogen and oxygen atoms in total. The van der Waals surface area contributed by atoms with Gasteiger partial charge in [0, 0.05) is 0 Å². The Balaban J connectivity index is 2.82. The summed E-state index contributed by atoms with van der Waals surface area (Å²) >= 11 is 0. The van der Waals surface area contributed by atoms with Crippen molar-refractivity contribution in [1.29, 1.82) is 0 Å². The third-order valence-corrected chi connectivity index (χ3v) is 3.88. The molecule has 0 bridgehead atoms. The molecule has 0 saturated carbocycles. The molecule has 13 heavy (non-hydrogen) atoms. The molecule has 0 aromatic carbocycles. The standard InChI is InChI=1S/C11H23BO/c1-9(2)7-12-10(3,4)11(5,6)13-8-9/h12H,7-8H2,1-6H3. The van der Waals surface area contributed by atoms with E-state index in [9.17, 15) is 0 Å². The Morgan fingerprint density at radius 1 is 1.00 bits per heavy atom. The maximum absolute atomic E-state index is 6.02. The van der Waals surface area contributed by atoms with E-state index in [4.69, 9.17) is 4.74 Å². The first kappa shape index (κ1) is 11.1. The van der Waals surface area contributed by atoms with Crippen molar-refractivity contribution in [3.05, 3.63) is 0 Å². The molecular weight excluding hydrogens is 159 g/mol. The van der Waals surface area contributed by atoms with Gasteiger partial charge in [-0.1, -0.05) is 34.0 Å². The lowest BCUT2D eigenvalue weighted by molar-refractivity contribution is -0.0644. The second-order valence-corrected chi connectivity index (χ2v) is 6.35. The van der Waals surface area contributed by atoms with Gasteiger partial charge >= 0.3 is 0 Å². The van der Waals surface area contributed by atoms with Gasteiger partial charge in [0.15, 0.2) is 0 Å². The van der Waals surface area contributed by atoms with Crippen LogP contribution in [0.15, 0.2) is 0 Å². The Labute approximate surface area is 83.5 Å². The smallest absolute Gasteiger partial charge is 0.131 e. The average Bonchev–Trinajstić information content (AvgIpc) is 2.02. The molecule has 1 aliphatic heterocycles. The maximum Gasteiger partial charge on any atom is 0.131 e. The Hall–Kier alpha value is 0.0249. The van der Waals surface area contributed by atoms with E-state index in [1.54, 1.807) is 0 Å². The van der Waals surface area contributed by atoms with Crippen molar-refractivity contribution in [2.45, 2.75) is 58.8 Å². The van der Waals surface area contributed by atoms with E-state index in [0.717, 1.165) is 6.61 Å². The molecule has 0 atom stereocenters. The highest BCUT2D eigenvalue weighted by Gasteiger charge is 2.43. The molecule has 0 radical (unpaired) electrons. The van der Waals surface area contributed by atoms with Crippen LogP contribution in [0.2, 0.25) is 11.6 Å². The van der Waals surface area contributed by atoms with E-state index in [1.165, 1.54) is 13.6 Å². The molecular formula is C11H23BO. The normalized spacial score (nSPS) is 30.3. The fourth-order valence-corrected chi connectivity index (χ4v) is 1.60. The van der Waals surface area contributed by atoms with Gasteiger partial charge in [-0.15, -0.1) is 0 Å². The van der Waals surface area contributed by atoms with Crippen LogP contribution in [0, 0.1) is 5.41 Å². The molecule has 76 valence electrons. The molecule has 1 fully saturated rings. The Kier molecular flexibility index (Phi) is 2.57. The van der Waals surface area contributed by atoms with Crippen molar-refractivity contribution in [3.8, 4) is 0 Å². The summed E-state index contributed by atoms with van der Waals surface area (Å²) in [7, 11) is 1.26.